The lowest BCUT2D eigenvalue weighted by Gasteiger charge is -2.08. The summed E-state index contributed by atoms with van der Waals surface area (Å²) < 4.78 is 12.9. The van der Waals surface area contributed by atoms with Gasteiger partial charge in [-0.05, 0) is 17.7 Å². The molecule has 0 saturated heterocycles. The number of hydrogen-bond acceptors (Lipinski definition) is 3. The van der Waals surface area contributed by atoms with Gasteiger partial charge < -0.3 is 15.9 Å². The molecule has 0 aromatic heterocycles. The third kappa shape index (κ3) is 1.94. The molecular weight excluding hydrogens is 213 g/mol. The number of halogens is 2. The van der Waals surface area contributed by atoms with Crippen molar-refractivity contribution < 1.29 is 19.4 Å². The summed E-state index contributed by atoms with van der Waals surface area (Å²) in [6, 6.07) is 0.585. The predicted octanol–water partition coefficient (Wildman–Crippen LogP) is 1.27. The van der Waals surface area contributed by atoms with E-state index >= 15 is 0 Å². The Morgan fingerprint density at radius 1 is 1.57 bits per heavy atom. The summed E-state index contributed by atoms with van der Waals surface area (Å²) in [4.78, 5) is 10.5. The Morgan fingerprint density at radius 3 is 2.57 bits per heavy atom. The second-order valence-corrected chi connectivity index (χ2v) is 3.06. The Balaban J connectivity index is 3.19. The summed E-state index contributed by atoms with van der Waals surface area (Å²) in [7, 11) is 0. The third-order valence-corrected chi connectivity index (χ3v) is 1.95. The zero-order valence-electron chi connectivity index (χ0n) is 6.87. The van der Waals surface area contributed by atoms with E-state index in [-0.39, 0.29) is 10.6 Å². The van der Waals surface area contributed by atoms with Gasteiger partial charge in [-0.3, -0.25) is 4.79 Å². The van der Waals surface area contributed by atoms with Crippen molar-refractivity contribution in [3.8, 4) is 5.75 Å². The van der Waals surface area contributed by atoms with Crippen molar-refractivity contribution >= 4 is 17.6 Å². The molecule has 6 heteroatoms. The van der Waals surface area contributed by atoms with E-state index in [1.54, 1.807) is 0 Å². The van der Waals surface area contributed by atoms with Crippen molar-refractivity contribution in [2.24, 2.45) is 5.73 Å². The number of phenolic OH excluding ortho intramolecular Hbond substituents is 1. The highest BCUT2D eigenvalue weighted by atomic mass is 35.5. The lowest BCUT2D eigenvalue weighted by Crippen LogP contribution is -2.20. The molecular formula is C8H7ClFNO3. The van der Waals surface area contributed by atoms with Crippen LogP contribution in [0.3, 0.4) is 0 Å². The van der Waals surface area contributed by atoms with E-state index < -0.39 is 23.6 Å². The predicted molar refractivity (Wildman–Crippen MR) is 47.6 cm³/mol. The number of hydrogen-bond donors (Lipinski definition) is 3. The number of rotatable bonds is 2. The Hall–Kier alpha value is -1.33. The van der Waals surface area contributed by atoms with Gasteiger partial charge in [-0.2, -0.15) is 0 Å². The monoisotopic (exact) mass is 219 g/mol. The second kappa shape index (κ2) is 3.81. The van der Waals surface area contributed by atoms with Crippen LogP contribution in [0.15, 0.2) is 12.1 Å². The molecule has 4 nitrogen and oxygen atoms in total. The van der Waals surface area contributed by atoms with Crippen LogP contribution in [0, 0.1) is 5.82 Å². The number of carboxylic acids is 1. The number of benzene rings is 1. The first-order valence-corrected chi connectivity index (χ1v) is 3.97. The number of carbonyl (C=O) groups is 1. The van der Waals surface area contributed by atoms with E-state index in [4.69, 9.17) is 27.5 Å². The van der Waals surface area contributed by atoms with Gasteiger partial charge in [0.1, 0.15) is 6.04 Å². The van der Waals surface area contributed by atoms with E-state index in [2.05, 4.69) is 0 Å². The van der Waals surface area contributed by atoms with Gasteiger partial charge in [-0.15, -0.1) is 0 Å². The lowest BCUT2D eigenvalue weighted by molar-refractivity contribution is -0.138. The SMILES string of the molecule is N[C@H](C(=O)O)c1cc(F)c(O)c(Cl)c1. The van der Waals surface area contributed by atoms with E-state index in [0.717, 1.165) is 12.1 Å². The van der Waals surface area contributed by atoms with Crippen molar-refractivity contribution in [3.63, 3.8) is 0 Å². The van der Waals surface area contributed by atoms with Gasteiger partial charge >= 0.3 is 5.97 Å². The summed E-state index contributed by atoms with van der Waals surface area (Å²) in [5.41, 5.74) is 5.22. The topological polar surface area (TPSA) is 83.6 Å². The minimum atomic E-state index is -1.36. The van der Waals surface area contributed by atoms with Crippen LogP contribution in [0.4, 0.5) is 4.39 Å². The molecule has 0 radical (unpaired) electrons. The van der Waals surface area contributed by atoms with Gasteiger partial charge in [0, 0.05) is 0 Å². The fraction of sp³-hybridized carbons (Fsp3) is 0.125. The molecule has 0 heterocycles. The van der Waals surface area contributed by atoms with E-state index in [0.29, 0.717) is 0 Å². The molecule has 1 atom stereocenters. The molecule has 14 heavy (non-hydrogen) atoms. The Morgan fingerprint density at radius 2 is 2.14 bits per heavy atom. The highest BCUT2D eigenvalue weighted by Crippen LogP contribution is 2.29. The highest BCUT2D eigenvalue weighted by molar-refractivity contribution is 6.32. The van der Waals surface area contributed by atoms with Gasteiger partial charge in [0.05, 0.1) is 5.02 Å². The summed E-state index contributed by atoms with van der Waals surface area (Å²) >= 11 is 5.43. The average molecular weight is 220 g/mol. The van der Waals surface area contributed by atoms with Gasteiger partial charge in [-0.1, -0.05) is 11.6 Å². The summed E-state index contributed by atoms with van der Waals surface area (Å²) in [6.07, 6.45) is 0. The standard InChI is InChI=1S/C8H7ClFNO3/c9-4-1-3(6(11)8(13)14)2-5(10)7(4)12/h1-2,6,12H,11H2,(H,13,14)/t6-/m0/s1. The average Bonchev–Trinajstić information content (AvgIpc) is 2.12. The quantitative estimate of drug-likeness (QED) is 0.699. The first kappa shape index (κ1) is 10.7. The molecule has 0 aliphatic heterocycles. The van der Waals surface area contributed by atoms with Crippen LogP contribution in [0.5, 0.6) is 5.75 Å². The minimum absolute atomic E-state index is 0.00204. The largest absolute Gasteiger partial charge is 0.504 e. The zero-order valence-corrected chi connectivity index (χ0v) is 7.62. The molecule has 0 aliphatic rings. The Labute approximate surface area is 83.7 Å². The van der Waals surface area contributed by atoms with Crippen LogP contribution in [-0.4, -0.2) is 16.2 Å². The first-order valence-electron chi connectivity index (χ1n) is 3.59. The van der Waals surface area contributed by atoms with Crippen LogP contribution in [-0.2, 0) is 4.79 Å². The van der Waals surface area contributed by atoms with Crippen LogP contribution in [0.1, 0.15) is 11.6 Å². The fourth-order valence-electron chi connectivity index (χ4n) is 0.907. The van der Waals surface area contributed by atoms with Crippen LogP contribution in [0.2, 0.25) is 5.02 Å². The molecule has 0 unspecified atom stereocenters. The Bertz CT molecular complexity index is 360. The number of phenols is 1. The summed E-state index contributed by atoms with van der Waals surface area (Å²) in [5, 5.41) is 17.2. The molecule has 1 rings (SSSR count). The summed E-state index contributed by atoms with van der Waals surface area (Å²) in [5.74, 6) is -3.01. The van der Waals surface area contributed by atoms with Gasteiger partial charge in [0.15, 0.2) is 11.6 Å². The lowest BCUT2D eigenvalue weighted by atomic mass is 10.1. The zero-order chi connectivity index (χ0) is 10.9. The normalized spacial score (nSPS) is 12.5. The number of nitrogens with two attached hydrogens (primary N) is 1. The number of carboxylic acid groups (broad SMARTS) is 1. The molecule has 0 aliphatic carbocycles. The maximum atomic E-state index is 12.9. The van der Waals surface area contributed by atoms with Gasteiger partial charge in [0.25, 0.3) is 0 Å². The molecule has 0 fully saturated rings. The van der Waals surface area contributed by atoms with Crippen molar-refractivity contribution in [3.05, 3.63) is 28.5 Å². The highest BCUT2D eigenvalue weighted by Gasteiger charge is 2.18. The number of aliphatic carboxylic acids is 1. The van der Waals surface area contributed by atoms with E-state index in [1.807, 2.05) is 0 Å². The molecule has 76 valence electrons. The minimum Gasteiger partial charge on any atom is -0.504 e. The van der Waals surface area contributed by atoms with Crippen LogP contribution >= 0.6 is 11.6 Å². The summed E-state index contributed by atoms with van der Waals surface area (Å²) in [6.45, 7) is 0. The van der Waals surface area contributed by atoms with Crippen molar-refractivity contribution in [1.82, 2.24) is 0 Å². The van der Waals surface area contributed by atoms with Crippen molar-refractivity contribution in [2.75, 3.05) is 0 Å². The maximum Gasteiger partial charge on any atom is 0.325 e. The van der Waals surface area contributed by atoms with Crippen LogP contribution < -0.4 is 5.73 Å². The maximum absolute atomic E-state index is 12.9. The smallest absolute Gasteiger partial charge is 0.325 e. The van der Waals surface area contributed by atoms with Crippen molar-refractivity contribution in [1.29, 1.82) is 0 Å². The van der Waals surface area contributed by atoms with Crippen LogP contribution in [0.25, 0.3) is 0 Å². The Kier molecular flexibility index (Phi) is 2.93. The first-order chi connectivity index (χ1) is 6.43. The second-order valence-electron chi connectivity index (χ2n) is 2.65. The molecule has 0 saturated carbocycles. The number of aromatic hydroxyl groups is 1. The molecule has 4 N–H and O–H groups in total. The molecule has 1 aromatic carbocycles. The van der Waals surface area contributed by atoms with E-state index in [1.165, 1.54) is 0 Å². The third-order valence-electron chi connectivity index (χ3n) is 1.66. The van der Waals surface area contributed by atoms with Gasteiger partial charge in [0.2, 0.25) is 0 Å². The molecule has 1 aromatic rings. The van der Waals surface area contributed by atoms with Crippen molar-refractivity contribution in [2.45, 2.75) is 6.04 Å². The fourth-order valence-corrected chi connectivity index (χ4v) is 1.12. The van der Waals surface area contributed by atoms with E-state index in [9.17, 15) is 9.18 Å². The van der Waals surface area contributed by atoms with Gasteiger partial charge in [-0.25, -0.2) is 4.39 Å². The molecule has 0 spiro atoms. The molecule has 0 amide bonds. The molecule has 0 bridgehead atoms.